The summed E-state index contributed by atoms with van der Waals surface area (Å²) in [6, 6.07) is 0.210. The summed E-state index contributed by atoms with van der Waals surface area (Å²) in [4.78, 5) is 15.7. The lowest BCUT2D eigenvalue weighted by molar-refractivity contribution is 0.0909. The predicted molar refractivity (Wildman–Crippen MR) is 94.6 cm³/mol. The monoisotopic (exact) mass is 346 g/mol. The third kappa shape index (κ3) is 3.61. The number of hydrogen-bond donors (Lipinski definition) is 2. The summed E-state index contributed by atoms with van der Waals surface area (Å²) in [6.45, 7) is 4.98. The molecule has 0 amide bonds. The highest BCUT2D eigenvalue weighted by atomic mass is 16.5. The van der Waals surface area contributed by atoms with Gasteiger partial charge in [0.2, 0.25) is 0 Å². The molecule has 2 aromatic heterocycles. The molecule has 8 nitrogen and oxygen atoms in total. The van der Waals surface area contributed by atoms with Crippen LogP contribution in [0.15, 0.2) is 12.7 Å². The Kier molecular flexibility index (Phi) is 5.09. The second-order valence-corrected chi connectivity index (χ2v) is 6.82. The van der Waals surface area contributed by atoms with Gasteiger partial charge in [-0.15, -0.1) is 0 Å². The molecule has 2 fully saturated rings. The molecule has 0 spiro atoms. The van der Waals surface area contributed by atoms with Gasteiger partial charge in [-0.3, -0.25) is 0 Å². The maximum absolute atomic E-state index is 10.1. The molecule has 136 valence electrons. The van der Waals surface area contributed by atoms with E-state index in [9.17, 15) is 5.11 Å². The first kappa shape index (κ1) is 16.7. The largest absolute Gasteiger partial charge is 0.392 e. The van der Waals surface area contributed by atoms with Crippen LogP contribution in [0.2, 0.25) is 0 Å². The van der Waals surface area contributed by atoms with Crippen LogP contribution < -0.4 is 10.2 Å². The Morgan fingerprint density at radius 3 is 2.96 bits per heavy atom. The molecule has 4 heterocycles. The van der Waals surface area contributed by atoms with Crippen molar-refractivity contribution in [2.75, 3.05) is 37.7 Å². The van der Waals surface area contributed by atoms with Crippen LogP contribution in [0.25, 0.3) is 11.2 Å². The zero-order valence-corrected chi connectivity index (χ0v) is 14.5. The quantitative estimate of drug-likeness (QED) is 0.817. The molecule has 0 radical (unpaired) electrons. The van der Waals surface area contributed by atoms with Crippen LogP contribution in [0.1, 0.15) is 25.7 Å². The number of aliphatic hydroxyl groups is 1. The predicted octanol–water partition coefficient (Wildman–Crippen LogP) is 0.556. The van der Waals surface area contributed by atoms with Gasteiger partial charge >= 0.3 is 0 Å². The van der Waals surface area contributed by atoms with E-state index in [1.807, 2.05) is 6.33 Å². The molecule has 0 saturated carbocycles. The summed E-state index contributed by atoms with van der Waals surface area (Å²) >= 11 is 0. The highest BCUT2D eigenvalue weighted by molar-refractivity contribution is 5.83. The molecule has 2 aromatic rings. The molecule has 2 aliphatic heterocycles. The van der Waals surface area contributed by atoms with Crippen molar-refractivity contribution in [2.45, 2.75) is 44.4 Å². The zero-order chi connectivity index (χ0) is 17.1. The molecule has 0 aliphatic carbocycles. The van der Waals surface area contributed by atoms with E-state index in [2.05, 4.69) is 29.7 Å². The molecule has 2 unspecified atom stereocenters. The molecule has 2 aliphatic rings. The maximum atomic E-state index is 10.1. The second kappa shape index (κ2) is 7.63. The lowest BCUT2D eigenvalue weighted by Crippen LogP contribution is -2.44. The summed E-state index contributed by atoms with van der Waals surface area (Å²) in [6.07, 6.45) is 7.17. The Balaban J connectivity index is 1.43. The number of aryl methyl sites for hydroxylation is 1. The number of imidazole rings is 1. The van der Waals surface area contributed by atoms with Crippen molar-refractivity contribution in [3.63, 3.8) is 0 Å². The Morgan fingerprint density at radius 2 is 2.12 bits per heavy atom. The van der Waals surface area contributed by atoms with E-state index >= 15 is 0 Å². The van der Waals surface area contributed by atoms with E-state index in [0.717, 1.165) is 82.1 Å². The highest BCUT2D eigenvalue weighted by Gasteiger charge is 2.22. The lowest BCUT2D eigenvalue weighted by Gasteiger charge is -2.29. The molecule has 4 rings (SSSR count). The van der Waals surface area contributed by atoms with Gasteiger partial charge in [0.25, 0.3) is 0 Å². The number of nitrogens with zero attached hydrogens (tertiary/aromatic N) is 5. The Morgan fingerprint density at radius 1 is 1.24 bits per heavy atom. The topological polar surface area (TPSA) is 88.3 Å². The first-order valence-corrected chi connectivity index (χ1v) is 9.23. The number of rotatable bonds is 5. The lowest BCUT2D eigenvalue weighted by atomic mass is 9.97. The summed E-state index contributed by atoms with van der Waals surface area (Å²) in [7, 11) is 0. The molecule has 2 saturated heterocycles. The van der Waals surface area contributed by atoms with Crippen molar-refractivity contribution < 1.29 is 9.84 Å². The Hall–Kier alpha value is -1.77. The van der Waals surface area contributed by atoms with Crippen LogP contribution in [-0.2, 0) is 11.3 Å². The zero-order valence-electron chi connectivity index (χ0n) is 14.5. The van der Waals surface area contributed by atoms with Crippen LogP contribution in [-0.4, -0.2) is 69.6 Å². The summed E-state index contributed by atoms with van der Waals surface area (Å²) < 4.78 is 7.51. The van der Waals surface area contributed by atoms with E-state index in [0.29, 0.717) is 0 Å². The second-order valence-electron chi connectivity index (χ2n) is 6.82. The van der Waals surface area contributed by atoms with Gasteiger partial charge in [-0.05, 0) is 32.2 Å². The summed E-state index contributed by atoms with van der Waals surface area (Å²) in [5.74, 6) is 0.899. The number of nitrogens with one attached hydrogen (secondary N) is 1. The Bertz CT molecular complexity index is 700. The average Bonchev–Trinajstić information content (AvgIpc) is 3.07. The van der Waals surface area contributed by atoms with Crippen molar-refractivity contribution in [1.29, 1.82) is 0 Å². The standard InChI is InChI=1S/C17H26N6O2/c24-14-4-1-5-18-13(14)3-2-6-23-12-21-15-16(19-11-20-17(15)23)22-7-9-25-10-8-22/h11-14,18,24H,1-10H2. The van der Waals surface area contributed by atoms with Gasteiger partial charge in [0.05, 0.1) is 25.6 Å². The van der Waals surface area contributed by atoms with Gasteiger partial charge in [-0.1, -0.05) is 0 Å². The van der Waals surface area contributed by atoms with Crippen LogP contribution in [0.3, 0.4) is 0 Å². The highest BCUT2D eigenvalue weighted by Crippen LogP contribution is 2.23. The van der Waals surface area contributed by atoms with Crippen LogP contribution in [0.5, 0.6) is 0 Å². The van der Waals surface area contributed by atoms with Gasteiger partial charge in [-0.25, -0.2) is 15.0 Å². The molecule has 0 aromatic carbocycles. The van der Waals surface area contributed by atoms with E-state index in [4.69, 9.17) is 4.74 Å². The number of fused-ring (bicyclic) bond motifs is 1. The van der Waals surface area contributed by atoms with Crippen LogP contribution >= 0.6 is 0 Å². The number of anilines is 1. The first-order chi connectivity index (χ1) is 12.3. The number of aromatic nitrogens is 4. The first-order valence-electron chi connectivity index (χ1n) is 9.23. The fourth-order valence-corrected chi connectivity index (χ4v) is 3.75. The number of hydrogen-bond acceptors (Lipinski definition) is 7. The number of morpholine rings is 1. The normalized spacial score (nSPS) is 24.8. The van der Waals surface area contributed by atoms with Crippen LogP contribution in [0.4, 0.5) is 5.82 Å². The molecule has 25 heavy (non-hydrogen) atoms. The number of piperidine rings is 1. The average molecular weight is 346 g/mol. The van der Waals surface area contributed by atoms with E-state index < -0.39 is 0 Å². The van der Waals surface area contributed by atoms with Gasteiger partial charge in [0.1, 0.15) is 6.33 Å². The molecule has 2 atom stereocenters. The Labute approximate surface area is 147 Å². The summed E-state index contributed by atoms with van der Waals surface area (Å²) in [5, 5.41) is 13.5. The molecular formula is C17H26N6O2. The van der Waals surface area contributed by atoms with E-state index in [1.54, 1.807) is 6.33 Å². The molecule has 2 N–H and O–H groups in total. The van der Waals surface area contributed by atoms with Crippen molar-refractivity contribution in [1.82, 2.24) is 24.8 Å². The fraction of sp³-hybridized carbons (Fsp3) is 0.706. The van der Waals surface area contributed by atoms with Crippen molar-refractivity contribution in [3.05, 3.63) is 12.7 Å². The maximum Gasteiger partial charge on any atom is 0.165 e. The minimum absolute atomic E-state index is 0.210. The van der Waals surface area contributed by atoms with Crippen molar-refractivity contribution in [3.8, 4) is 0 Å². The van der Waals surface area contributed by atoms with Crippen molar-refractivity contribution >= 4 is 17.0 Å². The fourth-order valence-electron chi connectivity index (χ4n) is 3.75. The van der Waals surface area contributed by atoms with Gasteiger partial charge in [0, 0.05) is 25.7 Å². The van der Waals surface area contributed by atoms with Crippen LogP contribution in [0, 0.1) is 0 Å². The van der Waals surface area contributed by atoms with E-state index in [-0.39, 0.29) is 12.1 Å². The number of aliphatic hydroxyl groups excluding tert-OH is 1. The molecule has 0 bridgehead atoms. The van der Waals surface area contributed by atoms with Gasteiger partial charge in [0.15, 0.2) is 17.0 Å². The number of ether oxygens (including phenoxy) is 1. The van der Waals surface area contributed by atoms with Gasteiger partial charge < -0.3 is 24.6 Å². The summed E-state index contributed by atoms with van der Waals surface area (Å²) in [5.41, 5.74) is 1.74. The van der Waals surface area contributed by atoms with Gasteiger partial charge in [-0.2, -0.15) is 0 Å². The van der Waals surface area contributed by atoms with Crippen molar-refractivity contribution in [2.24, 2.45) is 0 Å². The molecule has 8 heteroatoms. The minimum atomic E-state index is -0.219. The minimum Gasteiger partial charge on any atom is -0.392 e. The molecular weight excluding hydrogens is 320 g/mol. The van der Waals surface area contributed by atoms with E-state index in [1.165, 1.54) is 0 Å². The third-order valence-electron chi connectivity index (χ3n) is 5.15. The SMILES string of the molecule is OC1CCCNC1CCCn1cnc2c(N3CCOCC3)ncnc21. The third-order valence-corrected chi connectivity index (χ3v) is 5.15. The smallest absolute Gasteiger partial charge is 0.165 e.